The molecule has 1 saturated heterocycles. The van der Waals surface area contributed by atoms with E-state index in [1.54, 1.807) is 0 Å². The normalized spacial score (nSPS) is 41.1. The fraction of sp³-hybridized carbons (Fsp3) is 1.00. The predicted octanol–water partition coefficient (Wildman–Crippen LogP) is -0.486. The molecule has 13 heavy (non-hydrogen) atoms. The van der Waals surface area contributed by atoms with E-state index in [9.17, 15) is 10.2 Å². The summed E-state index contributed by atoms with van der Waals surface area (Å²) < 4.78 is 5.42. The molecule has 0 spiro atoms. The van der Waals surface area contributed by atoms with E-state index in [1.807, 2.05) is 13.8 Å². The molecular weight excluding hydrogens is 172 g/mol. The molecule has 1 heterocycles. The quantitative estimate of drug-likeness (QED) is 0.550. The van der Waals surface area contributed by atoms with Crippen LogP contribution < -0.4 is 0 Å². The molecule has 78 valence electrons. The second-order valence-electron chi connectivity index (χ2n) is 3.93. The minimum absolute atomic E-state index is 0.0736. The summed E-state index contributed by atoms with van der Waals surface area (Å²) in [5.41, 5.74) is 0. The van der Waals surface area contributed by atoms with Crippen LogP contribution >= 0.6 is 0 Å². The summed E-state index contributed by atoms with van der Waals surface area (Å²) in [6, 6.07) is 0. The van der Waals surface area contributed by atoms with Crippen LogP contribution in [0.4, 0.5) is 0 Å². The van der Waals surface area contributed by atoms with Crippen molar-refractivity contribution in [2.24, 2.45) is 5.92 Å². The highest BCUT2D eigenvalue weighted by Crippen LogP contribution is 2.24. The summed E-state index contributed by atoms with van der Waals surface area (Å²) in [7, 11) is 0. The van der Waals surface area contributed by atoms with Crippen LogP contribution in [0.25, 0.3) is 0 Å². The van der Waals surface area contributed by atoms with Gasteiger partial charge in [-0.3, -0.25) is 0 Å². The highest BCUT2D eigenvalue weighted by atomic mass is 16.5. The summed E-state index contributed by atoms with van der Waals surface area (Å²) in [6.07, 6.45) is -2.01. The van der Waals surface area contributed by atoms with Gasteiger partial charge in [0.25, 0.3) is 0 Å². The maximum absolute atomic E-state index is 9.46. The fourth-order valence-electron chi connectivity index (χ4n) is 1.57. The van der Waals surface area contributed by atoms with Crippen LogP contribution in [-0.2, 0) is 4.74 Å². The van der Waals surface area contributed by atoms with Gasteiger partial charge in [0, 0.05) is 6.42 Å². The second-order valence-corrected chi connectivity index (χ2v) is 3.93. The largest absolute Gasteiger partial charge is 0.394 e. The number of aliphatic hydroxyl groups is 3. The average Bonchev–Trinajstić information content (AvgIpc) is 2.09. The Morgan fingerprint density at radius 1 is 1.38 bits per heavy atom. The van der Waals surface area contributed by atoms with E-state index in [4.69, 9.17) is 9.84 Å². The Morgan fingerprint density at radius 3 is 2.46 bits per heavy atom. The summed E-state index contributed by atoms with van der Waals surface area (Å²) in [6.45, 7) is 3.73. The van der Waals surface area contributed by atoms with Gasteiger partial charge < -0.3 is 20.1 Å². The Hall–Kier alpha value is -0.160. The molecule has 0 aromatic heterocycles. The van der Waals surface area contributed by atoms with Crippen LogP contribution in [-0.4, -0.2) is 46.3 Å². The van der Waals surface area contributed by atoms with Gasteiger partial charge in [0.05, 0.1) is 18.8 Å². The van der Waals surface area contributed by atoms with Crippen molar-refractivity contribution in [3.8, 4) is 0 Å². The number of rotatable bonds is 2. The van der Waals surface area contributed by atoms with E-state index in [2.05, 4.69) is 0 Å². The minimum atomic E-state index is -0.958. The first-order valence-corrected chi connectivity index (χ1v) is 4.68. The standard InChI is InChI=1S/C9H18O4/c1-5(2)7-3-6(11)9(12)8(4-10)13-7/h5-12H,3-4H2,1-2H3/t6-,7?,8?,9?/m1/s1. The van der Waals surface area contributed by atoms with E-state index < -0.39 is 18.3 Å². The molecule has 0 radical (unpaired) electrons. The summed E-state index contributed by atoms with van der Waals surface area (Å²) >= 11 is 0. The monoisotopic (exact) mass is 190 g/mol. The van der Waals surface area contributed by atoms with E-state index in [0.717, 1.165) is 0 Å². The molecule has 3 unspecified atom stereocenters. The highest BCUT2D eigenvalue weighted by molar-refractivity contribution is 4.85. The third kappa shape index (κ3) is 2.40. The van der Waals surface area contributed by atoms with Crippen LogP contribution in [0.1, 0.15) is 20.3 Å². The average molecular weight is 190 g/mol. The van der Waals surface area contributed by atoms with Crippen molar-refractivity contribution in [2.45, 2.75) is 44.7 Å². The predicted molar refractivity (Wildman–Crippen MR) is 47.2 cm³/mol. The molecule has 1 fully saturated rings. The van der Waals surface area contributed by atoms with Crippen molar-refractivity contribution in [3.63, 3.8) is 0 Å². The molecule has 0 aromatic carbocycles. The van der Waals surface area contributed by atoms with Gasteiger partial charge in [-0.25, -0.2) is 0 Å². The van der Waals surface area contributed by atoms with Crippen molar-refractivity contribution >= 4 is 0 Å². The lowest BCUT2D eigenvalue weighted by atomic mass is 9.92. The molecule has 4 nitrogen and oxygen atoms in total. The Bertz CT molecular complexity index is 160. The van der Waals surface area contributed by atoms with Crippen molar-refractivity contribution in [1.29, 1.82) is 0 Å². The van der Waals surface area contributed by atoms with E-state index in [0.29, 0.717) is 6.42 Å². The lowest BCUT2D eigenvalue weighted by Crippen LogP contribution is -2.51. The Balaban J connectivity index is 2.58. The van der Waals surface area contributed by atoms with Gasteiger partial charge in [-0.2, -0.15) is 0 Å². The van der Waals surface area contributed by atoms with Crippen LogP contribution in [0.2, 0.25) is 0 Å². The maximum atomic E-state index is 9.46. The zero-order valence-corrected chi connectivity index (χ0v) is 8.05. The number of hydrogen-bond acceptors (Lipinski definition) is 4. The van der Waals surface area contributed by atoms with Gasteiger partial charge in [0.15, 0.2) is 0 Å². The molecule has 0 aliphatic carbocycles. The number of aliphatic hydroxyl groups excluding tert-OH is 3. The zero-order valence-electron chi connectivity index (χ0n) is 8.05. The molecule has 1 aliphatic rings. The SMILES string of the molecule is CC(C)C1C[C@@H](O)C(O)C(CO)O1. The Labute approximate surface area is 78.1 Å². The molecule has 3 N–H and O–H groups in total. The number of ether oxygens (including phenoxy) is 1. The first-order valence-electron chi connectivity index (χ1n) is 4.68. The van der Waals surface area contributed by atoms with E-state index in [-0.39, 0.29) is 18.6 Å². The maximum Gasteiger partial charge on any atom is 0.109 e. The lowest BCUT2D eigenvalue weighted by Gasteiger charge is -2.38. The molecule has 0 bridgehead atoms. The Morgan fingerprint density at radius 2 is 2.00 bits per heavy atom. The topological polar surface area (TPSA) is 69.9 Å². The first-order chi connectivity index (χ1) is 6.06. The molecule has 4 atom stereocenters. The van der Waals surface area contributed by atoms with Crippen LogP contribution in [0.3, 0.4) is 0 Å². The molecule has 1 rings (SSSR count). The molecule has 4 heteroatoms. The summed E-state index contributed by atoms with van der Waals surface area (Å²) in [5, 5.41) is 27.7. The fourth-order valence-corrected chi connectivity index (χ4v) is 1.57. The zero-order chi connectivity index (χ0) is 10.0. The van der Waals surface area contributed by atoms with Crippen LogP contribution in [0.15, 0.2) is 0 Å². The van der Waals surface area contributed by atoms with E-state index in [1.165, 1.54) is 0 Å². The lowest BCUT2D eigenvalue weighted by molar-refractivity contribution is -0.189. The molecule has 0 amide bonds. The third-order valence-electron chi connectivity index (χ3n) is 2.52. The van der Waals surface area contributed by atoms with Gasteiger partial charge in [0.2, 0.25) is 0 Å². The smallest absolute Gasteiger partial charge is 0.109 e. The molecule has 0 aromatic rings. The van der Waals surface area contributed by atoms with Crippen molar-refractivity contribution in [3.05, 3.63) is 0 Å². The first kappa shape index (κ1) is 10.9. The minimum Gasteiger partial charge on any atom is -0.394 e. The van der Waals surface area contributed by atoms with Crippen molar-refractivity contribution < 1.29 is 20.1 Å². The second kappa shape index (κ2) is 4.37. The summed E-state index contributed by atoms with van der Waals surface area (Å²) in [5.74, 6) is 0.288. The molecule has 1 aliphatic heterocycles. The van der Waals surface area contributed by atoms with Crippen LogP contribution in [0.5, 0.6) is 0 Å². The van der Waals surface area contributed by atoms with Gasteiger partial charge in [-0.15, -0.1) is 0 Å². The number of hydrogen-bond donors (Lipinski definition) is 3. The molecule has 0 saturated carbocycles. The Kier molecular flexibility index (Phi) is 3.67. The highest BCUT2D eigenvalue weighted by Gasteiger charge is 2.37. The van der Waals surface area contributed by atoms with Gasteiger partial charge in [-0.1, -0.05) is 13.8 Å². The molecular formula is C9H18O4. The van der Waals surface area contributed by atoms with Crippen molar-refractivity contribution in [2.75, 3.05) is 6.61 Å². The third-order valence-corrected chi connectivity index (χ3v) is 2.52. The summed E-state index contributed by atoms with van der Waals surface area (Å²) in [4.78, 5) is 0. The van der Waals surface area contributed by atoms with Gasteiger partial charge >= 0.3 is 0 Å². The van der Waals surface area contributed by atoms with Gasteiger partial charge in [-0.05, 0) is 5.92 Å². The van der Waals surface area contributed by atoms with E-state index >= 15 is 0 Å². The van der Waals surface area contributed by atoms with Crippen molar-refractivity contribution in [1.82, 2.24) is 0 Å². The van der Waals surface area contributed by atoms with Crippen LogP contribution in [0, 0.1) is 5.92 Å². The van der Waals surface area contributed by atoms with Gasteiger partial charge in [0.1, 0.15) is 12.2 Å².